The van der Waals surface area contributed by atoms with E-state index in [0.29, 0.717) is 11.6 Å². The molecule has 0 fully saturated rings. The summed E-state index contributed by atoms with van der Waals surface area (Å²) in [4.78, 5) is 4.78. The zero-order valence-corrected chi connectivity index (χ0v) is 15.8. The molecular formula is C23H21ClN2O. The monoisotopic (exact) mass is 376 g/mol. The lowest BCUT2D eigenvalue weighted by Crippen LogP contribution is -2.08. The molecule has 0 saturated heterocycles. The molecule has 27 heavy (non-hydrogen) atoms. The number of hydrogen-bond acceptors (Lipinski definition) is 2. The second-order valence-electron chi connectivity index (χ2n) is 6.50. The van der Waals surface area contributed by atoms with Crippen LogP contribution in [0.1, 0.15) is 17.8 Å². The predicted octanol–water partition coefficient (Wildman–Crippen LogP) is 5.90. The molecular weight excluding hydrogens is 356 g/mol. The molecule has 0 amide bonds. The molecule has 3 nitrogen and oxygen atoms in total. The van der Waals surface area contributed by atoms with Crippen molar-refractivity contribution in [3.63, 3.8) is 0 Å². The first-order chi connectivity index (χ1) is 13.3. The first kappa shape index (κ1) is 17.6. The van der Waals surface area contributed by atoms with Crippen molar-refractivity contribution in [3.05, 3.63) is 95.3 Å². The molecule has 3 aromatic carbocycles. The van der Waals surface area contributed by atoms with Crippen LogP contribution < -0.4 is 4.74 Å². The normalized spacial score (nSPS) is 11.0. The summed E-state index contributed by atoms with van der Waals surface area (Å²) in [5.41, 5.74) is 3.52. The van der Waals surface area contributed by atoms with Crippen molar-refractivity contribution in [1.82, 2.24) is 9.55 Å². The largest absolute Gasteiger partial charge is 0.486 e. The zero-order valence-electron chi connectivity index (χ0n) is 15.0. The molecule has 0 saturated carbocycles. The van der Waals surface area contributed by atoms with Crippen LogP contribution >= 0.6 is 11.6 Å². The Bertz CT molecular complexity index is 1010. The topological polar surface area (TPSA) is 27.1 Å². The third-order valence-corrected chi connectivity index (χ3v) is 4.86. The van der Waals surface area contributed by atoms with E-state index in [1.807, 2.05) is 30.3 Å². The molecule has 0 bridgehead atoms. The van der Waals surface area contributed by atoms with Gasteiger partial charge in [0, 0.05) is 11.6 Å². The van der Waals surface area contributed by atoms with Gasteiger partial charge in [0.2, 0.25) is 0 Å². The third kappa shape index (κ3) is 4.32. The SMILES string of the molecule is Clc1ccc(OCc2nc3ccccc3n2CCCc2ccccc2)cc1. The number of hydrogen-bond donors (Lipinski definition) is 0. The predicted molar refractivity (Wildman–Crippen MR) is 110 cm³/mol. The van der Waals surface area contributed by atoms with Crippen LogP contribution in [0.2, 0.25) is 5.02 Å². The Labute approximate surface area is 164 Å². The van der Waals surface area contributed by atoms with Crippen LogP contribution in [-0.4, -0.2) is 9.55 Å². The van der Waals surface area contributed by atoms with Gasteiger partial charge in [0.05, 0.1) is 11.0 Å². The van der Waals surface area contributed by atoms with Gasteiger partial charge in [-0.15, -0.1) is 0 Å². The lowest BCUT2D eigenvalue weighted by molar-refractivity contribution is 0.290. The van der Waals surface area contributed by atoms with Gasteiger partial charge in [-0.05, 0) is 54.8 Å². The first-order valence-electron chi connectivity index (χ1n) is 9.16. The molecule has 0 aliphatic carbocycles. The molecule has 0 atom stereocenters. The number of imidazole rings is 1. The number of nitrogens with zero attached hydrogens (tertiary/aromatic N) is 2. The van der Waals surface area contributed by atoms with E-state index in [-0.39, 0.29) is 0 Å². The van der Waals surface area contributed by atoms with E-state index in [0.717, 1.165) is 42.0 Å². The van der Waals surface area contributed by atoms with Gasteiger partial charge in [-0.2, -0.15) is 0 Å². The number of halogens is 1. The maximum Gasteiger partial charge on any atom is 0.147 e. The van der Waals surface area contributed by atoms with Crippen molar-refractivity contribution in [1.29, 1.82) is 0 Å². The van der Waals surface area contributed by atoms with E-state index in [9.17, 15) is 0 Å². The lowest BCUT2D eigenvalue weighted by atomic mass is 10.1. The maximum absolute atomic E-state index is 5.94. The minimum Gasteiger partial charge on any atom is -0.486 e. The molecule has 136 valence electrons. The summed E-state index contributed by atoms with van der Waals surface area (Å²) in [6.07, 6.45) is 2.10. The van der Waals surface area contributed by atoms with Gasteiger partial charge in [0.15, 0.2) is 0 Å². The fourth-order valence-corrected chi connectivity index (χ4v) is 3.38. The molecule has 1 heterocycles. The summed E-state index contributed by atoms with van der Waals surface area (Å²) >= 11 is 5.94. The van der Waals surface area contributed by atoms with Gasteiger partial charge in [-0.1, -0.05) is 54.1 Å². The highest BCUT2D eigenvalue weighted by Crippen LogP contribution is 2.20. The zero-order chi connectivity index (χ0) is 18.5. The summed E-state index contributed by atoms with van der Waals surface area (Å²) < 4.78 is 8.21. The van der Waals surface area contributed by atoms with E-state index in [1.165, 1.54) is 5.56 Å². The van der Waals surface area contributed by atoms with E-state index >= 15 is 0 Å². The van der Waals surface area contributed by atoms with E-state index in [4.69, 9.17) is 21.3 Å². The smallest absolute Gasteiger partial charge is 0.147 e. The average molecular weight is 377 g/mol. The van der Waals surface area contributed by atoms with Crippen molar-refractivity contribution in [2.45, 2.75) is 26.0 Å². The molecule has 0 aliphatic rings. The van der Waals surface area contributed by atoms with Crippen molar-refractivity contribution < 1.29 is 4.74 Å². The number of ether oxygens (including phenoxy) is 1. The fraction of sp³-hybridized carbons (Fsp3) is 0.174. The number of aryl methyl sites for hydroxylation is 2. The highest BCUT2D eigenvalue weighted by molar-refractivity contribution is 6.30. The Kier molecular flexibility index (Phi) is 5.40. The molecule has 0 N–H and O–H groups in total. The average Bonchev–Trinajstić information content (AvgIpc) is 3.06. The Morgan fingerprint density at radius 3 is 2.41 bits per heavy atom. The number of rotatable bonds is 7. The van der Waals surface area contributed by atoms with E-state index in [1.54, 1.807) is 0 Å². The van der Waals surface area contributed by atoms with Crippen LogP contribution in [0, 0.1) is 0 Å². The maximum atomic E-state index is 5.94. The second kappa shape index (κ2) is 8.28. The number of aromatic nitrogens is 2. The lowest BCUT2D eigenvalue weighted by Gasteiger charge is -2.11. The minimum absolute atomic E-state index is 0.432. The van der Waals surface area contributed by atoms with Crippen LogP contribution in [0.25, 0.3) is 11.0 Å². The molecule has 4 rings (SSSR count). The van der Waals surface area contributed by atoms with Crippen LogP contribution in [0.5, 0.6) is 5.75 Å². The van der Waals surface area contributed by atoms with Gasteiger partial charge < -0.3 is 9.30 Å². The number of fused-ring (bicyclic) bond motifs is 1. The Hall–Kier alpha value is -2.78. The third-order valence-electron chi connectivity index (χ3n) is 4.61. The fourth-order valence-electron chi connectivity index (χ4n) is 3.25. The summed E-state index contributed by atoms with van der Waals surface area (Å²) in [6, 6.07) is 26.3. The molecule has 0 unspecified atom stereocenters. The second-order valence-corrected chi connectivity index (χ2v) is 6.94. The Morgan fingerprint density at radius 1 is 0.852 bits per heavy atom. The molecule has 0 aliphatic heterocycles. The molecule has 4 aromatic rings. The molecule has 1 aromatic heterocycles. The summed E-state index contributed by atoms with van der Waals surface area (Å²) in [5, 5.41) is 0.704. The summed E-state index contributed by atoms with van der Waals surface area (Å²) in [5.74, 6) is 1.74. The van der Waals surface area contributed by atoms with Gasteiger partial charge in [0.1, 0.15) is 18.2 Å². The number of benzene rings is 3. The first-order valence-corrected chi connectivity index (χ1v) is 9.54. The van der Waals surface area contributed by atoms with Crippen molar-refractivity contribution >= 4 is 22.6 Å². The highest BCUT2D eigenvalue weighted by atomic mass is 35.5. The Morgan fingerprint density at radius 2 is 1.59 bits per heavy atom. The quantitative estimate of drug-likeness (QED) is 0.401. The molecule has 0 spiro atoms. The summed E-state index contributed by atoms with van der Waals surface area (Å²) in [7, 11) is 0. The van der Waals surface area contributed by atoms with Crippen LogP contribution in [-0.2, 0) is 19.6 Å². The number of para-hydroxylation sites is 2. The van der Waals surface area contributed by atoms with Gasteiger partial charge in [0.25, 0.3) is 0 Å². The van der Waals surface area contributed by atoms with Gasteiger partial charge in [-0.25, -0.2) is 4.98 Å². The summed E-state index contributed by atoms with van der Waals surface area (Å²) in [6.45, 7) is 1.34. The van der Waals surface area contributed by atoms with Gasteiger partial charge in [-0.3, -0.25) is 0 Å². The van der Waals surface area contributed by atoms with E-state index in [2.05, 4.69) is 53.1 Å². The molecule has 0 radical (unpaired) electrons. The van der Waals surface area contributed by atoms with Crippen molar-refractivity contribution in [2.75, 3.05) is 0 Å². The highest BCUT2D eigenvalue weighted by Gasteiger charge is 2.11. The molecule has 4 heteroatoms. The van der Waals surface area contributed by atoms with Crippen LogP contribution in [0.15, 0.2) is 78.9 Å². The minimum atomic E-state index is 0.432. The van der Waals surface area contributed by atoms with Crippen LogP contribution in [0.4, 0.5) is 0 Å². The van der Waals surface area contributed by atoms with Crippen molar-refractivity contribution in [3.8, 4) is 5.75 Å². The van der Waals surface area contributed by atoms with Crippen LogP contribution in [0.3, 0.4) is 0 Å². The Balaban J connectivity index is 1.50. The van der Waals surface area contributed by atoms with E-state index < -0.39 is 0 Å². The standard InChI is InChI=1S/C23H21ClN2O/c24-19-12-14-20(15-13-19)27-17-23-25-21-10-4-5-11-22(21)26(23)16-6-9-18-7-2-1-3-8-18/h1-5,7-8,10-15H,6,9,16-17H2. The van der Waals surface area contributed by atoms with Gasteiger partial charge >= 0.3 is 0 Å². The van der Waals surface area contributed by atoms with Crippen molar-refractivity contribution in [2.24, 2.45) is 0 Å².